The Hall–Kier alpha value is -0.680. The van der Waals surface area contributed by atoms with Crippen LogP contribution >= 0.6 is 0 Å². The first-order valence-corrected chi connectivity index (χ1v) is 6.27. The van der Waals surface area contributed by atoms with Gasteiger partial charge in [0.2, 0.25) is 0 Å². The average Bonchev–Trinajstić information content (AvgIpc) is 2.58. The standard InChI is InChI=1S/C9H17N3OS/c1-3-14(13)5-4-10-6-9-7-11-12-8(9)2/h7,10H,3-6H2,1-2H3,(H,11,12). The van der Waals surface area contributed by atoms with Gasteiger partial charge in [-0.3, -0.25) is 9.31 Å². The van der Waals surface area contributed by atoms with Crippen LogP contribution in [0.25, 0.3) is 0 Å². The van der Waals surface area contributed by atoms with Crippen LogP contribution in [-0.4, -0.2) is 32.5 Å². The lowest BCUT2D eigenvalue weighted by Crippen LogP contribution is -2.20. The molecular weight excluding hydrogens is 198 g/mol. The smallest absolute Gasteiger partial charge is 0.0535 e. The van der Waals surface area contributed by atoms with Gasteiger partial charge in [0, 0.05) is 46.7 Å². The van der Waals surface area contributed by atoms with Crippen LogP contribution in [0.5, 0.6) is 0 Å². The van der Waals surface area contributed by atoms with Gasteiger partial charge in [-0.25, -0.2) is 0 Å². The SMILES string of the molecule is CCS(=O)CCNCc1cn[nH]c1C. The second kappa shape index (κ2) is 5.93. The molecule has 0 aromatic carbocycles. The molecule has 1 unspecified atom stereocenters. The van der Waals surface area contributed by atoms with Crippen LogP contribution in [0.3, 0.4) is 0 Å². The summed E-state index contributed by atoms with van der Waals surface area (Å²) in [4.78, 5) is 0. The Bertz CT molecular complexity index is 298. The van der Waals surface area contributed by atoms with Crippen LogP contribution in [-0.2, 0) is 17.3 Å². The molecule has 0 saturated heterocycles. The summed E-state index contributed by atoms with van der Waals surface area (Å²) in [7, 11) is -0.667. The summed E-state index contributed by atoms with van der Waals surface area (Å²) in [6.45, 7) is 5.53. The zero-order valence-electron chi connectivity index (χ0n) is 8.67. The van der Waals surface area contributed by atoms with E-state index in [1.165, 1.54) is 5.56 Å². The van der Waals surface area contributed by atoms with Crippen molar-refractivity contribution in [1.29, 1.82) is 0 Å². The quantitative estimate of drug-likeness (QED) is 0.682. The van der Waals surface area contributed by atoms with Gasteiger partial charge in [0.1, 0.15) is 0 Å². The number of aryl methyl sites for hydroxylation is 1. The normalized spacial score (nSPS) is 13.0. The van der Waals surface area contributed by atoms with Crippen LogP contribution in [0.1, 0.15) is 18.2 Å². The maximum atomic E-state index is 11.1. The Morgan fingerprint density at radius 2 is 2.43 bits per heavy atom. The number of rotatable bonds is 6. The highest BCUT2D eigenvalue weighted by molar-refractivity contribution is 7.84. The molecule has 0 spiro atoms. The predicted octanol–water partition coefficient (Wildman–Crippen LogP) is 0.576. The third kappa shape index (κ3) is 3.59. The van der Waals surface area contributed by atoms with Crippen molar-refractivity contribution in [3.05, 3.63) is 17.5 Å². The molecule has 0 saturated carbocycles. The first kappa shape index (κ1) is 11.4. The molecule has 5 heteroatoms. The first-order chi connectivity index (χ1) is 6.74. The molecule has 0 aliphatic heterocycles. The zero-order valence-corrected chi connectivity index (χ0v) is 9.49. The van der Waals surface area contributed by atoms with Crippen molar-refractivity contribution in [2.75, 3.05) is 18.1 Å². The van der Waals surface area contributed by atoms with Crippen LogP contribution in [0, 0.1) is 6.92 Å². The first-order valence-electron chi connectivity index (χ1n) is 4.78. The minimum Gasteiger partial charge on any atom is -0.312 e. The highest BCUT2D eigenvalue weighted by Crippen LogP contribution is 2.00. The molecule has 0 bridgehead atoms. The molecule has 2 N–H and O–H groups in total. The molecule has 1 atom stereocenters. The Kier molecular flexibility index (Phi) is 4.82. The fourth-order valence-electron chi connectivity index (χ4n) is 1.11. The summed E-state index contributed by atoms with van der Waals surface area (Å²) >= 11 is 0. The molecule has 0 aliphatic rings. The number of aromatic nitrogens is 2. The van der Waals surface area contributed by atoms with Gasteiger partial charge in [-0.15, -0.1) is 0 Å². The Morgan fingerprint density at radius 1 is 1.64 bits per heavy atom. The number of nitrogens with one attached hydrogen (secondary N) is 2. The maximum absolute atomic E-state index is 11.1. The Morgan fingerprint density at radius 3 is 3.00 bits per heavy atom. The molecule has 0 fully saturated rings. The van der Waals surface area contributed by atoms with E-state index in [0.717, 1.165) is 30.3 Å². The summed E-state index contributed by atoms with van der Waals surface area (Å²) < 4.78 is 11.1. The van der Waals surface area contributed by atoms with Gasteiger partial charge in [0.25, 0.3) is 0 Å². The van der Waals surface area contributed by atoms with Crippen molar-refractivity contribution in [2.45, 2.75) is 20.4 Å². The summed E-state index contributed by atoms with van der Waals surface area (Å²) in [6.07, 6.45) is 1.82. The molecule has 1 aromatic heterocycles. The molecule has 0 amide bonds. The van der Waals surface area contributed by atoms with Crippen molar-refractivity contribution >= 4 is 10.8 Å². The van der Waals surface area contributed by atoms with E-state index in [1.54, 1.807) is 0 Å². The Balaban J connectivity index is 2.16. The highest BCUT2D eigenvalue weighted by Gasteiger charge is 1.99. The number of nitrogens with zero attached hydrogens (tertiary/aromatic N) is 1. The molecule has 1 heterocycles. The number of aromatic amines is 1. The molecule has 80 valence electrons. The minimum absolute atomic E-state index is 0.667. The maximum Gasteiger partial charge on any atom is 0.0535 e. The van der Waals surface area contributed by atoms with Gasteiger partial charge in [0.05, 0.1) is 6.20 Å². The molecule has 1 rings (SSSR count). The predicted molar refractivity (Wildman–Crippen MR) is 58.6 cm³/mol. The van der Waals surface area contributed by atoms with Crippen LogP contribution in [0.4, 0.5) is 0 Å². The van der Waals surface area contributed by atoms with Crippen molar-refractivity contribution in [2.24, 2.45) is 0 Å². The largest absolute Gasteiger partial charge is 0.312 e. The van der Waals surface area contributed by atoms with E-state index in [2.05, 4.69) is 15.5 Å². The summed E-state index contributed by atoms with van der Waals surface area (Å²) in [5.41, 5.74) is 2.27. The fraction of sp³-hybridized carbons (Fsp3) is 0.667. The van der Waals surface area contributed by atoms with E-state index in [0.29, 0.717) is 0 Å². The summed E-state index contributed by atoms with van der Waals surface area (Å²) in [6, 6.07) is 0. The lowest BCUT2D eigenvalue weighted by Gasteiger charge is -2.02. The fourth-order valence-corrected chi connectivity index (χ4v) is 1.77. The van der Waals surface area contributed by atoms with Crippen LogP contribution in [0.15, 0.2) is 6.20 Å². The van der Waals surface area contributed by atoms with E-state index < -0.39 is 10.8 Å². The highest BCUT2D eigenvalue weighted by atomic mass is 32.2. The lowest BCUT2D eigenvalue weighted by molar-refractivity contribution is 0.673. The molecule has 0 radical (unpaired) electrons. The van der Waals surface area contributed by atoms with Gasteiger partial charge in [-0.2, -0.15) is 5.10 Å². The van der Waals surface area contributed by atoms with Crippen molar-refractivity contribution in [3.8, 4) is 0 Å². The van der Waals surface area contributed by atoms with E-state index in [1.807, 2.05) is 20.0 Å². The van der Waals surface area contributed by atoms with E-state index in [-0.39, 0.29) is 0 Å². The van der Waals surface area contributed by atoms with Crippen molar-refractivity contribution in [3.63, 3.8) is 0 Å². The van der Waals surface area contributed by atoms with Gasteiger partial charge in [0.15, 0.2) is 0 Å². The lowest BCUT2D eigenvalue weighted by atomic mass is 10.3. The molecule has 1 aromatic rings. The monoisotopic (exact) mass is 215 g/mol. The third-order valence-corrected chi connectivity index (χ3v) is 3.38. The number of hydrogen-bond acceptors (Lipinski definition) is 3. The average molecular weight is 215 g/mol. The Labute approximate surface area is 86.9 Å². The summed E-state index contributed by atoms with van der Waals surface area (Å²) in [5, 5.41) is 10.0. The van der Waals surface area contributed by atoms with Gasteiger partial charge >= 0.3 is 0 Å². The summed E-state index contributed by atoms with van der Waals surface area (Å²) in [5.74, 6) is 1.47. The van der Waals surface area contributed by atoms with Gasteiger partial charge in [-0.1, -0.05) is 6.92 Å². The minimum atomic E-state index is -0.667. The van der Waals surface area contributed by atoms with Crippen molar-refractivity contribution in [1.82, 2.24) is 15.5 Å². The molecule has 0 aliphatic carbocycles. The molecule has 14 heavy (non-hydrogen) atoms. The van der Waals surface area contributed by atoms with Crippen LogP contribution < -0.4 is 5.32 Å². The van der Waals surface area contributed by atoms with E-state index in [4.69, 9.17) is 0 Å². The number of hydrogen-bond donors (Lipinski definition) is 2. The topological polar surface area (TPSA) is 57.8 Å². The van der Waals surface area contributed by atoms with E-state index >= 15 is 0 Å². The third-order valence-electron chi connectivity index (χ3n) is 2.08. The van der Waals surface area contributed by atoms with E-state index in [9.17, 15) is 4.21 Å². The van der Waals surface area contributed by atoms with Crippen LogP contribution in [0.2, 0.25) is 0 Å². The second-order valence-corrected chi connectivity index (χ2v) is 4.99. The molecular formula is C9H17N3OS. The molecule has 4 nitrogen and oxygen atoms in total. The van der Waals surface area contributed by atoms with Gasteiger partial charge < -0.3 is 5.32 Å². The van der Waals surface area contributed by atoms with Crippen molar-refractivity contribution < 1.29 is 4.21 Å². The zero-order chi connectivity index (χ0) is 10.4. The second-order valence-electron chi connectivity index (χ2n) is 3.13. The van der Waals surface area contributed by atoms with Gasteiger partial charge in [-0.05, 0) is 6.92 Å². The number of H-pyrrole nitrogens is 1.